The van der Waals surface area contributed by atoms with Crippen LogP contribution in [-0.2, 0) is 16.0 Å². The monoisotopic (exact) mass is 340 g/mol. The number of aliphatic carboxylic acids is 1. The molecule has 0 aliphatic rings. The third kappa shape index (κ3) is 7.17. The summed E-state index contributed by atoms with van der Waals surface area (Å²) in [6.07, 6.45) is 3.38. The molecule has 0 aliphatic heterocycles. The van der Waals surface area contributed by atoms with Gasteiger partial charge in [-0.05, 0) is 0 Å². The number of carboxylic acid groups (broad SMARTS) is 1. The number of primary amides is 1. The number of hydrogen-bond acceptors (Lipinski definition) is 4. The summed E-state index contributed by atoms with van der Waals surface area (Å²) < 4.78 is 0.414. The number of carbonyl (C=O) groups excluding carboxylic acids is 1. The molecule has 1 aromatic heterocycles. The molecule has 0 saturated heterocycles. The molecular formula is C8H13IN4O3. The summed E-state index contributed by atoms with van der Waals surface area (Å²) in [7, 11) is 0. The normalized spacial score (nSPS) is 11.1. The zero-order chi connectivity index (χ0) is 12.6. The van der Waals surface area contributed by atoms with Crippen LogP contribution in [0.3, 0.4) is 0 Å². The van der Waals surface area contributed by atoms with Gasteiger partial charge in [0.1, 0.15) is 6.04 Å². The van der Waals surface area contributed by atoms with Crippen molar-refractivity contribution in [2.45, 2.75) is 12.5 Å². The van der Waals surface area contributed by atoms with E-state index in [1.807, 2.05) is 22.6 Å². The molecule has 0 aliphatic carbocycles. The number of nitrogens with zero attached hydrogens (tertiary/aromatic N) is 1. The molecule has 0 bridgehead atoms. The lowest BCUT2D eigenvalue weighted by Gasteiger charge is -2.01. The molecule has 7 nitrogen and oxygen atoms in total. The Balaban J connectivity index is 0.000000385. The molecule has 0 fully saturated rings. The van der Waals surface area contributed by atoms with E-state index in [9.17, 15) is 9.59 Å². The largest absolute Gasteiger partial charge is 0.480 e. The summed E-state index contributed by atoms with van der Waals surface area (Å²) in [4.78, 5) is 26.4. The van der Waals surface area contributed by atoms with Crippen LogP contribution < -0.4 is 11.5 Å². The zero-order valence-corrected chi connectivity index (χ0v) is 10.5. The number of carboxylic acids is 1. The molecule has 0 radical (unpaired) electrons. The SMILES string of the molecule is NC(=O)CI.NC(Cc1c[nH]cn1)C(=O)O. The Bertz CT molecular complexity index is 328. The minimum absolute atomic E-state index is 0.259. The third-order valence-corrected chi connectivity index (χ3v) is 2.18. The van der Waals surface area contributed by atoms with Gasteiger partial charge < -0.3 is 21.6 Å². The van der Waals surface area contributed by atoms with E-state index in [4.69, 9.17) is 10.8 Å². The van der Waals surface area contributed by atoms with E-state index in [-0.39, 0.29) is 12.3 Å². The second kappa shape index (κ2) is 8.05. The van der Waals surface area contributed by atoms with E-state index in [2.05, 4.69) is 15.7 Å². The van der Waals surface area contributed by atoms with Gasteiger partial charge in [0.15, 0.2) is 0 Å². The summed E-state index contributed by atoms with van der Waals surface area (Å²) in [5.41, 5.74) is 10.6. The molecule has 1 aromatic rings. The number of nitrogens with one attached hydrogen (secondary N) is 1. The van der Waals surface area contributed by atoms with Crippen molar-refractivity contribution in [3.05, 3.63) is 18.2 Å². The molecule has 0 spiro atoms. The Morgan fingerprint density at radius 1 is 1.62 bits per heavy atom. The van der Waals surface area contributed by atoms with Gasteiger partial charge in [0.2, 0.25) is 5.91 Å². The van der Waals surface area contributed by atoms with Crippen LogP contribution in [0, 0.1) is 0 Å². The van der Waals surface area contributed by atoms with Crippen molar-refractivity contribution in [3.8, 4) is 0 Å². The Kier molecular flexibility index (Phi) is 7.46. The van der Waals surface area contributed by atoms with Crippen LogP contribution in [0.25, 0.3) is 0 Å². The fraction of sp³-hybridized carbons (Fsp3) is 0.375. The highest BCUT2D eigenvalue weighted by Crippen LogP contribution is 1.95. The molecule has 1 heterocycles. The number of halogens is 1. The summed E-state index contributed by atoms with van der Waals surface area (Å²) in [5.74, 6) is -1.27. The lowest BCUT2D eigenvalue weighted by Crippen LogP contribution is -2.32. The van der Waals surface area contributed by atoms with E-state index < -0.39 is 12.0 Å². The van der Waals surface area contributed by atoms with Gasteiger partial charge in [-0.2, -0.15) is 0 Å². The Morgan fingerprint density at radius 2 is 2.19 bits per heavy atom. The number of imidazole rings is 1. The molecule has 1 unspecified atom stereocenters. The number of nitrogens with two attached hydrogens (primary N) is 2. The number of aromatic nitrogens is 2. The number of carbonyl (C=O) groups is 2. The minimum Gasteiger partial charge on any atom is -0.480 e. The number of amides is 1. The molecule has 0 aromatic carbocycles. The molecule has 1 atom stereocenters. The molecule has 1 amide bonds. The smallest absolute Gasteiger partial charge is 0.320 e. The molecule has 90 valence electrons. The molecular weight excluding hydrogens is 327 g/mol. The predicted octanol–water partition coefficient (Wildman–Crippen LogP) is -0.729. The summed E-state index contributed by atoms with van der Waals surface area (Å²) in [6, 6.07) is -0.863. The van der Waals surface area contributed by atoms with Crippen LogP contribution in [0.5, 0.6) is 0 Å². The van der Waals surface area contributed by atoms with Gasteiger partial charge in [-0.15, -0.1) is 0 Å². The van der Waals surface area contributed by atoms with Gasteiger partial charge in [0.05, 0.1) is 16.4 Å². The maximum atomic E-state index is 10.3. The van der Waals surface area contributed by atoms with Crippen molar-refractivity contribution in [2.24, 2.45) is 11.5 Å². The molecule has 8 heteroatoms. The average Bonchev–Trinajstić information content (AvgIpc) is 2.71. The van der Waals surface area contributed by atoms with Gasteiger partial charge in [0, 0.05) is 12.6 Å². The fourth-order valence-electron chi connectivity index (χ4n) is 0.715. The van der Waals surface area contributed by atoms with E-state index in [0.29, 0.717) is 10.1 Å². The Morgan fingerprint density at radius 3 is 2.50 bits per heavy atom. The summed E-state index contributed by atoms with van der Waals surface area (Å²) in [6.45, 7) is 0. The first kappa shape index (κ1) is 14.8. The van der Waals surface area contributed by atoms with Crippen LogP contribution in [0.2, 0.25) is 0 Å². The van der Waals surface area contributed by atoms with Crippen molar-refractivity contribution < 1.29 is 14.7 Å². The van der Waals surface area contributed by atoms with Crippen LogP contribution in [0.1, 0.15) is 5.69 Å². The molecule has 16 heavy (non-hydrogen) atoms. The number of rotatable bonds is 4. The fourth-order valence-corrected chi connectivity index (χ4v) is 0.715. The number of hydrogen-bond donors (Lipinski definition) is 4. The van der Waals surface area contributed by atoms with Gasteiger partial charge in [0.25, 0.3) is 0 Å². The first-order valence-electron chi connectivity index (χ1n) is 4.27. The van der Waals surface area contributed by atoms with E-state index >= 15 is 0 Å². The Labute approximate surface area is 106 Å². The second-order valence-electron chi connectivity index (χ2n) is 2.81. The van der Waals surface area contributed by atoms with Gasteiger partial charge in [-0.25, -0.2) is 4.98 Å². The van der Waals surface area contributed by atoms with Crippen molar-refractivity contribution in [2.75, 3.05) is 4.43 Å². The Hall–Kier alpha value is -1.16. The second-order valence-corrected chi connectivity index (χ2v) is 3.57. The first-order valence-corrected chi connectivity index (χ1v) is 5.80. The third-order valence-electron chi connectivity index (χ3n) is 1.43. The van der Waals surface area contributed by atoms with Crippen molar-refractivity contribution in [1.82, 2.24) is 9.97 Å². The summed E-state index contributed by atoms with van der Waals surface area (Å²) >= 11 is 1.90. The number of aromatic amines is 1. The maximum Gasteiger partial charge on any atom is 0.320 e. The average molecular weight is 340 g/mol. The van der Waals surface area contributed by atoms with Crippen LogP contribution in [0.4, 0.5) is 0 Å². The lowest BCUT2D eigenvalue weighted by molar-refractivity contribution is -0.138. The topological polar surface area (TPSA) is 135 Å². The highest BCUT2D eigenvalue weighted by Gasteiger charge is 2.12. The first-order chi connectivity index (χ1) is 7.47. The van der Waals surface area contributed by atoms with E-state index in [0.717, 1.165) is 0 Å². The van der Waals surface area contributed by atoms with Gasteiger partial charge in [-0.1, -0.05) is 22.6 Å². The van der Waals surface area contributed by atoms with Crippen LogP contribution in [-0.4, -0.2) is 37.4 Å². The molecule has 0 saturated carbocycles. The van der Waals surface area contributed by atoms with Crippen molar-refractivity contribution in [3.63, 3.8) is 0 Å². The van der Waals surface area contributed by atoms with Crippen LogP contribution in [0.15, 0.2) is 12.5 Å². The highest BCUT2D eigenvalue weighted by molar-refractivity contribution is 14.1. The lowest BCUT2D eigenvalue weighted by atomic mass is 10.2. The molecule has 1 rings (SSSR count). The minimum atomic E-state index is -1.01. The number of alkyl halides is 1. The maximum absolute atomic E-state index is 10.3. The van der Waals surface area contributed by atoms with E-state index in [1.165, 1.54) is 6.33 Å². The van der Waals surface area contributed by atoms with Crippen molar-refractivity contribution >= 4 is 34.5 Å². The van der Waals surface area contributed by atoms with E-state index in [1.54, 1.807) is 6.20 Å². The molecule has 6 N–H and O–H groups in total. The highest BCUT2D eigenvalue weighted by atomic mass is 127. The standard InChI is InChI=1S/C6H9N3O2.C2H4INO/c7-5(6(10)11)1-4-2-8-3-9-4;3-1-2(4)5/h2-3,5H,1,7H2,(H,8,9)(H,10,11);1H2,(H2,4,5). The quantitative estimate of drug-likeness (QED) is 0.423. The van der Waals surface area contributed by atoms with Crippen molar-refractivity contribution in [1.29, 1.82) is 0 Å². The number of H-pyrrole nitrogens is 1. The van der Waals surface area contributed by atoms with Crippen LogP contribution >= 0.6 is 22.6 Å². The predicted molar refractivity (Wildman–Crippen MR) is 66.0 cm³/mol. The van der Waals surface area contributed by atoms with Gasteiger partial charge >= 0.3 is 5.97 Å². The van der Waals surface area contributed by atoms with Gasteiger partial charge in [-0.3, -0.25) is 9.59 Å². The summed E-state index contributed by atoms with van der Waals surface area (Å²) in [5, 5.41) is 8.42. The zero-order valence-electron chi connectivity index (χ0n) is 8.39.